The van der Waals surface area contributed by atoms with E-state index in [1.54, 1.807) is 0 Å². The second-order valence-corrected chi connectivity index (χ2v) is 1.70. The third-order valence-corrected chi connectivity index (χ3v) is 0.927. The molecule has 50 valence electrons. The van der Waals surface area contributed by atoms with Gasteiger partial charge in [-0.05, 0) is 12.8 Å². The zero-order chi connectivity index (χ0) is 7.28. The van der Waals surface area contributed by atoms with Crippen molar-refractivity contribution in [2.45, 2.75) is 12.8 Å². The van der Waals surface area contributed by atoms with Crippen molar-refractivity contribution in [2.24, 2.45) is 5.92 Å². The van der Waals surface area contributed by atoms with Crippen molar-refractivity contribution in [3.8, 4) is 0 Å². The fraction of sp³-hybridized carbons (Fsp3) is 0.750. The van der Waals surface area contributed by atoms with E-state index in [2.05, 4.69) is 0 Å². The van der Waals surface area contributed by atoms with Crippen LogP contribution in [-0.2, 0) is 4.79 Å². The molecule has 0 atom stereocenters. The first-order chi connectivity index (χ1) is 4.22. The Labute approximate surface area is 51.7 Å². The number of nitrogens with zero attached hydrogens (tertiary/aromatic N) is 3. The van der Waals surface area contributed by atoms with E-state index in [-0.39, 0.29) is 5.92 Å². The van der Waals surface area contributed by atoms with Crippen LogP contribution in [-0.4, -0.2) is 11.1 Å². The van der Waals surface area contributed by atoms with Gasteiger partial charge in [-0.25, -0.2) is 0 Å². The number of hydrogen-bond acceptors (Lipinski definition) is 1. The SMILES string of the molecule is O=C(O)C1CC1.[N-]=[N+]=[N-]. The first kappa shape index (κ1) is 7.78. The fourth-order valence-electron chi connectivity index (χ4n) is 0.330. The lowest BCUT2D eigenvalue weighted by molar-refractivity contribution is -0.138. The molecule has 0 amide bonds. The molecule has 1 N–H and O–H groups in total. The van der Waals surface area contributed by atoms with Gasteiger partial charge in [-0.3, -0.25) is 9.71 Å². The summed E-state index contributed by atoms with van der Waals surface area (Å²) in [7, 11) is 0. The maximum absolute atomic E-state index is 9.76. The molecule has 0 aliphatic heterocycles. The van der Waals surface area contributed by atoms with Crippen LogP contribution < -0.4 is 0 Å². The number of carbonyl (C=O) groups is 1. The summed E-state index contributed by atoms with van der Waals surface area (Å²) in [6.07, 6.45) is 1.80. The molecule has 1 rings (SSSR count). The zero-order valence-corrected chi connectivity index (χ0v) is 4.69. The first-order valence-electron chi connectivity index (χ1n) is 2.43. The van der Waals surface area contributed by atoms with Crippen LogP contribution in [0.15, 0.2) is 0 Å². The van der Waals surface area contributed by atoms with Gasteiger partial charge in [-0.15, -0.1) is 0 Å². The Morgan fingerprint density at radius 2 is 1.89 bits per heavy atom. The maximum Gasteiger partial charge on any atom is 0.306 e. The van der Waals surface area contributed by atoms with Gasteiger partial charge in [-0.2, -0.15) is 0 Å². The molecule has 0 aromatic heterocycles. The highest BCUT2D eigenvalue weighted by atomic mass is 16.4. The van der Waals surface area contributed by atoms with E-state index in [1.807, 2.05) is 0 Å². The van der Waals surface area contributed by atoms with Gasteiger partial charge in [-0.1, -0.05) is 0 Å². The highest BCUT2D eigenvalue weighted by molar-refractivity contribution is 5.72. The highest BCUT2D eigenvalue weighted by Gasteiger charge is 2.28. The molecule has 0 aromatic rings. The van der Waals surface area contributed by atoms with Gasteiger partial charge in [0.2, 0.25) is 0 Å². The normalized spacial score (nSPS) is 14.7. The topological polar surface area (TPSA) is 96.0 Å². The van der Waals surface area contributed by atoms with E-state index in [0.29, 0.717) is 0 Å². The monoisotopic (exact) mass is 128 g/mol. The molecule has 0 spiro atoms. The summed E-state index contributed by atoms with van der Waals surface area (Å²) in [6.45, 7) is 0. The summed E-state index contributed by atoms with van der Waals surface area (Å²) in [5.41, 5.74) is 13.5. The molecule has 0 aromatic carbocycles. The van der Waals surface area contributed by atoms with E-state index >= 15 is 0 Å². The van der Waals surface area contributed by atoms with Gasteiger partial charge in [0.05, 0.1) is 5.92 Å². The largest absolute Gasteiger partial charge is 0.481 e. The van der Waals surface area contributed by atoms with Crippen molar-refractivity contribution in [2.75, 3.05) is 0 Å². The lowest BCUT2D eigenvalue weighted by atomic mass is 10.5. The Kier molecular flexibility index (Phi) is 3.23. The minimum atomic E-state index is -0.630. The van der Waals surface area contributed by atoms with Crippen molar-refractivity contribution < 1.29 is 9.90 Å². The van der Waals surface area contributed by atoms with Gasteiger partial charge in [0.1, 0.15) is 0 Å². The lowest BCUT2D eigenvalue weighted by Gasteiger charge is -1.75. The number of rotatable bonds is 1. The molecule has 0 unspecified atom stereocenters. The van der Waals surface area contributed by atoms with Crippen LogP contribution in [0.25, 0.3) is 16.0 Å². The second kappa shape index (κ2) is 3.74. The Bertz CT molecular complexity index is 135. The Morgan fingerprint density at radius 1 is 1.56 bits per heavy atom. The number of carboxylic acid groups (broad SMARTS) is 1. The summed E-state index contributed by atoms with van der Waals surface area (Å²) in [5, 5.41) is 8.05. The van der Waals surface area contributed by atoms with E-state index < -0.39 is 5.97 Å². The van der Waals surface area contributed by atoms with Crippen LogP contribution in [0, 0.1) is 5.92 Å². The molecule has 9 heavy (non-hydrogen) atoms. The van der Waals surface area contributed by atoms with Gasteiger partial charge in [0.15, 0.2) is 0 Å². The van der Waals surface area contributed by atoms with Crippen molar-refractivity contribution in [3.05, 3.63) is 16.0 Å². The molecule has 1 aliphatic rings. The fourth-order valence-corrected chi connectivity index (χ4v) is 0.330. The minimum Gasteiger partial charge on any atom is -0.481 e. The standard InChI is InChI=1S/C4H6O2.N3/c5-4(6)3-1-2-3;1-3-2/h3H,1-2H2,(H,5,6);/q;-1. The molecule has 0 bridgehead atoms. The molecule has 5 heteroatoms. The van der Waals surface area contributed by atoms with Gasteiger partial charge < -0.3 is 16.2 Å². The predicted octanol–water partition coefficient (Wildman–Crippen LogP) is 1.35. The number of hydrogen-bond donors (Lipinski definition) is 1. The molecule has 1 fully saturated rings. The van der Waals surface area contributed by atoms with Crippen LogP contribution in [0.1, 0.15) is 12.8 Å². The quantitative estimate of drug-likeness (QED) is 0.327. The Morgan fingerprint density at radius 3 is 1.89 bits per heavy atom. The van der Waals surface area contributed by atoms with Gasteiger partial charge in [0, 0.05) is 0 Å². The van der Waals surface area contributed by atoms with Crippen molar-refractivity contribution >= 4 is 5.97 Å². The van der Waals surface area contributed by atoms with E-state index in [0.717, 1.165) is 12.8 Å². The third kappa shape index (κ3) is 4.64. The predicted molar refractivity (Wildman–Crippen MR) is 30.4 cm³/mol. The molecule has 0 radical (unpaired) electrons. The summed E-state index contributed by atoms with van der Waals surface area (Å²) >= 11 is 0. The van der Waals surface area contributed by atoms with E-state index in [9.17, 15) is 4.79 Å². The smallest absolute Gasteiger partial charge is 0.306 e. The minimum absolute atomic E-state index is 0.0185. The average Bonchev–Trinajstić information content (AvgIpc) is 2.44. The molecule has 5 nitrogen and oxygen atoms in total. The third-order valence-electron chi connectivity index (χ3n) is 0.927. The second-order valence-electron chi connectivity index (χ2n) is 1.70. The van der Waals surface area contributed by atoms with E-state index in [4.69, 9.17) is 16.2 Å². The molecule has 1 saturated carbocycles. The first-order valence-corrected chi connectivity index (χ1v) is 2.43. The van der Waals surface area contributed by atoms with E-state index in [1.165, 1.54) is 4.91 Å². The zero-order valence-electron chi connectivity index (χ0n) is 4.69. The maximum atomic E-state index is 9.76. The molecule has 0 heterocycles. The van der Waals surface area contributed by atoms with Crippen LogP contribution in [0.2, 0.25) is 0 Å². The average molecular weight is 128 g/mol. The van der Waals surface area contributed by atoms with Crippen LogP contribution in [0.5, 0.6) is 0 Å². The van der Waals surface area contributed by atoms with Crippen LogP contribution in [0.3, 0.4) is 0 Å². The summed E-state index contributed by atoms with van der Waals surface area (Å²) in [5.74, 6) is -0.611. The number of aliphatic carboxylic acids is 1. The molecular formula is C4H6N3O2-. The van der Waals surface area contributed by atoms with Crippen LogP contribution in [0.4, 0.5) is 0 Å². The van der Waals surface area contributed by atoms with Gasteiger partial charge >= 0.3 is 5.97 Å². The van der Waals surface area contributed by atoms with Crippen LogP contribution >= 0.6 is 0 Å². The van der Waals surface area contributed by atoms with Crippen molar-refractivity contribution in [3.63, 3.8) is 0 Å². The molecule has 0 saturated heterocycles. The highest BCUT2D eigenvalue weighted by Crippen LogP contribution is 2.28. The summed E-state index contributed by atoms with van der Waals surface area (Å²) < 4.78 is 0. The molecular weight excluding hydrogens is 122 g/mol. The summed E-state index contributed by atoms with van der Waals surface area (Å²) in [4.78, 5) is 11.3. The lowest BCUT2D eigenvalue weighted by Crippen LogP contribution is -1.94. The van der Waals surface area contributed by atoms with Crippen molar-refractivity contribution in [1.29, 1.82) is 0 Å². The Hall–Kier alpha value is -1.22. The van der Waals surface area contributed by atoms with Crippen molar-refractivity contribution in [1.82, 2.24) is 0 Å². The summed E-state index contributed by atoms with van der Waals surface area (Å²) in [6, 6.07) is 0. The number of carboxylic acids is 1. The Balaban J connectivity index is 0.000000187. The molecule has 1 aliphatic carbocycles. The van der Waals surface area contributed by atoms with Gasteiger partial charge in [0.25, 0.3) is 0 Å².